The van der Waals surface area contributed by atoms with Gasteiger partial charge in [0, 0.05) is 22.5 Å². The predicted octanol–water partition coefficient (Wildman–Crippen LogP) is 4.31. The van der Waals surface area contributed by atoms with Crippen molar-refractivity contribution in [1.82, 2.24) is 0 Å². The number of para-hydroxylation sites is 1. The minimum atomic E-state index is -0.343. The molecular formula is C22H28N2O3. The van der Waals surface area contributed by atoms with Crippen molar-refractivity contribution in [2.45, 2.75) is 40.2 Å². The molecular weight excluding hydrogens is 340 g/mol. The van der Waals surface area contributed by atoms with E-state index in [-0.39, 0.29) is 35.8 Å². The van der Waals surface area contributed by atoms with Crippen LogP contribution in [-0.2, 0) is 4.79 Å². The van der Waals surface area contributed by atoms with Crippen LogP contribution in [0.25, 0.3) is 0 Å². The van der Waals surface area contributed by atoms with Crippen LogP contribution in [-0.4, -0.2) is 34.3 Å². The number of benzene rings is 2. The van der Waals surface area contributed by atoms with Gasteiger partial charge in [0.2, 0.25) is 0 Å². The number of aromatic hydroxyl groups is 2. The standard InChI is InChI=1S/C22H28N2O3/c1-5-18(17-11-12-19(25)15(4)22(17)27)23-13-20(26)21(14(2)3)24-16-9-7-6-8-10-16/h6-12,14,21,24-25,27H,5,13H2,1-4H3. The number of hydrogen-bond donors (Lipinski definition) is 3. The molecule has 0 bridgehead atoms. The number of carbonyl (C=O) groups excluding carboxylic acids is 1. The van der Waals surface area contributed by atoms with Gasteiger partial charge in [0.05, 0.1) is 6.04 Å². The summed E-state index contributed by atoms with van der Waals surface area (Å²) in [5, 5.41) is 23.3. The summed E-state index contributed by atoms with van der Waals surface area (Å²) in [5.41, 5.74) is 2.51. The van der Waals surface area contributed by atoms with Gasteiger partial charge in [-0.25, -0.2) is 0 Å². The molecule has 0 saturated heterocycles. The first-order chi connectivity index (χ1) is 12.8. The molecule has 0 amide bonds. The van der Waals surface area contributed by atoms with Crippen molar-refractivity contribution in [3.05, 3.63) is 53.6 Å². The van der Waals surface area contributed by atoms with E-state index in [1.54, 1.807) is 13.0 Å². The minimum absolute atomic E-state index is 0.00482. The summed E-state index contributed by atoms with van der Waals surface area (Å²) in [6, 6.07) is 12.5. The monoisotopic (exact) mass is 368 g/mol. The van der Waals surface area contributed by atoms with Crippen molar-refractivity contribution in [1.29, 1.82) is 0 Å². The fourth-order valence-corrected chi connectivity index (χ4v) is 2.91. The Hall–Kier alpha value is -2.82. The van der Waals surface area contributed by atoms with Crippen molar-refractivity contribution in [2.75, 3.05) is 11.9 Å². The SMILES string of the molecule is CCC(=NCC(=O)C(Nc1ccccc1)C(C)C)c1ccc(O)c(C)c1O. The second kappa shape index (κ2) is 9.21. The maximum Gasteiger partial charge on any atom is 0.176 e. The Bertz CT molecular complexity index is 814. The Morgan fingerprint density at radius 3 is 2.37 bits per heavy atom. The number of hydrogen-bond acceptors (Lipinski definition) is 5. The van der Waals surface area contributed by atoms with E-state index in [4.69, 9.17) is 0 Å². The highest BCUT2D eigenvalue weighted by molar-refractivity contribution is 6.04. The number of Topliss-reactive ketones (excluding diaryl/α,β-unsaturated/α-hetero) is 1. The Morgan fingerprint density at radius 2 is 1.78 bits per heavy atom. The van der Waals surface area contributed by atoms with E-state index in [1.165, 1.54) is 6.07 Å². The van der Waals surface area contributed by atoms with Gasteiger partial charge in [-0.3, -0.25) is 9.79 Å². The lowest BCUT2D eigenvalue weighted by molar-refractivity contribution is -0.119. The van der Waals surface area contributed by atoms with E-state index >= 15 is 0 Å². The first-order valence-corrected chi connectivity index (χ1v) is 9.24. The van der Waals surface area contributed by atoms with E-state index in [2.05, 4.69) is 10.3 Å². The van der Waals surface area contributed by atoms with Gasteiger partial charge >= 0.3 is 0 Å². The summed E-state index contributed by atoms with van der Waals surface area (Å²) in [4.78, 5) is 17.2. The van der Waals surface area contributed by atoms with Gasteiger partial charge in [-0.2, -0.15) is 0 Å². The quantitative estimate of drug-likeness (QED) is 0.606. The third-order valence-electron chi connectivity index (χ3n) is 4.58. The first-order valence-electron chi connectivity index (χ1n) is 9.24. The van der Waals surface area contributed by atoms with Crippen LogP contribution in [0.2, 0.25) is 0 Å². The van der Waals surface area contributed by atoms with Gasteiger partial charge in [-0.05, 0) is 43.5 Å². The molecule has 0 spiro atoms. The van der Waals surface area contributed by atoms with Gasteiger partial charge in [0.25, 0.3) is 0 Å². The number of nitrogens with zero attached hydrogens (tertiary/aromatic N) is 1. The smallest absolute Gasteiger partial charge is 0.176 e. The molecule has 5 heteroatoms. The highest BCUT2D eigenvalue weighted by Crippen LogP contribution is 2.30. The number of anilines is 1. The van der Waals surface area contributed by atoms with Gasteiger partial charge in [0.1, 0.15) is 18.0 Å². The van der Waals surface area contributed by atoms with Crippen molar-refractivity contribution in [3.63, 3.8) is 0 Å². The first kappa shape index (κ1) is 20.5. The molecule has 5 nitrogen and oxygen atoms in total. The molecule has 0 aliphatic rings. The summed E-state index contributed by atoms with van der Waals surface area (Å²) in [5.74, 6) is 0.151. The summed E-state index contributed by atoms with van der Waals surface area (Å²) < 4.78 is 0. The molecule has 2 aromatic carbocycles. The third-order valence-corrected chi connectivity index (χ3v) is 4.58. The Labute approximate surface area is 160 Å². The summed E-state index contributed by atoms with van der Waals surface area (Å²) in [6.45, 7) is 7.60. The van der Waals surface area contributed by atoms with Gasteiger partial charge in [-0.1, -0.05) is 39.0 Å². The fourth-order valence-electron chi connectivity index (χ4n) is 2.91. The van der Waals surface area contributed by atoms with Gasteiger partial charge < -0.3 is 15.5 Å². The number of phenols is 2. The van der Waals surface area contributed by atoms with E-state index in [0.29, 0.717) is 23.3 Å². The molecule has 0 aromatic heterocycles. The largest absolute Gasteiger partial charge is 0.508 e. The minimum Gasteiger partial charge on any atom is -0.508 e. The molecule has 0 aliphatic heterocycles. The van der Waals surface area contributed by atoms with Crippen LogP contribution >= 0.6 is 0 Å². The van der Waals surface area contributed by atoms with Crippen LogP contribution in [0.4, 0.5) is 5.69 Å². The average molecular weight is 368 g/mol. The average Bonchev–Trinajstić information content (AvgIpc) is 2.66. The fraction of sp³-hybridized carbons (Fsp3) is 0.364. The maximum absolute atomic E-state index is 12.8. The van der Waals surface area contributed by atoms with Crippen LogP contribution in [0.15, 0.2) is 47.5 Å². The number of nitrogens with one attached hydrogen (secondary N) is 1. The van der Waals surface area contributed by atoms with E-state index in [9.17, 15) is 15.0 Å². The van der Waals surface area contributed by atoms with E-state index in [1.807, 2.05) is 51.1 Å². The molecule has 1 atom stereocenters. The van der Waals surface area contributed by atoms with Gasteiger partial charge in [0.15, 0.2) is 5.78 Å². The van der Waals surface area contributed by atoms with Crippen LogP contribution in [0.5, 0.6) is 11.5 Å². The number of rotatable bonds is 8. The molecule has 144 valence electrons. The van der Waals surface area contributed by atoms with Crippen LogP contribution < -0.4 is 5.32 Å². The van der Waals surface area contributed by atoms with Crippen molar-refractivity contribution in [2.24, 2.45) is 10.9 Å². The topological polar surface area (TPSA) is 81.9 Å². The molecule has 1 unspecified atom stereocenters. The Kier molecular flexibility index (Phi) is 6.99. The van der Waals surface area contributed by atoms with Crippen LogP contribution in [0, 0.1) is 12.8 Å². The molecule has 3 N–H and O–H groups in total. The Balaban J connectivity index is 2.19. The molecule has 27 heavy (non-hydrogen) atoms. The zero-order chi connectivity index (χ0) is 20.0. The van der Waals surface area contributed by atoms with Crippen molar-refractivity contribution < 1.29 is 15.0 Å². The molecule has 2 aromatic rings. The number of carbonyl (C=O) groups is 1. The van der Waals surface area contributed by atoms with Crippen LogP contribution in [0.1, 0.15) is 38.3 Å². The maximum atomic E-state index is 12.8. The van der Waals surface area contributed by atoms with E-state index in [0.717, 1.165) is 5.69 Å². The normalized spacial score (nSPS) is 12.9. The van der Waals surface area contributed by atoms with Gasteiger partial charge in [-0.15, -0.1) is 0 Å². The second-order valence-electron chi connectivity index (χ2n) is 6.92. The highest BCUT2D eigenvalue weighted by Gasteiger charge is 2.22. The zero-order valence-electron chi connectivity index (χ0n) is 16.4. The summed E-state index contributed by atoms with van der Waals surface area (Å²) in [7, 11) is 0. The molecule has 2 rings (SSSR count). The zero-order valence-corrected chi connectivity index (χ0v) is 16.4. The molecule has 0 radical (unpaired) electrons. The highest BCUT2D eigenvalue weighted by atomic mass is 16.3. The molecule has 0 heterocycles. The molecule has 0 aliphatic carbocycles. The Morgan fingerprint density at radius 1 is 1.11 bits per heavy atom. The molecule has 0 fully saturated rings. The summed E-state index contributed by atoms with van der Waals surface area (Å²) in [6.07, 6.45) is 0.573. The van der Waals surface area contributed by atoms with Crippen LogP contribution in [0.3, 0.4) is 0 Å². The lowest BCUT2D eigenvalue weighted by atomic mass is 9.99. The lowest BCUT2D eigenvalue weighted by Crippen LogP contribution is -2.36. The number of aliphatic imine (C=N–C) groups is 1. The lowest BCUT2D eigenvalue weighted by Gasteiger charge is -2.22. The summed E-state index contributed by atoms with van der Waals surface area (Å²) >= 11 is 0. The van der Waals surface area contributed by atoms with Crippen molar-refractivity contribution >= 4 is 17.2 Å². The predicted molar refractivity (Wildman–Crippen MR) is 110 cm³/mol. The third kappa shape index (κ3) is 5.09. The second-order valence-corrected chi connectivity index (χ2v) is 6.92. The molecule has 0 saturated carbocycles. The van der Waals surface area contributed by atoms with Crippen molar-refractivity contribution in [3.8, 4) is 11.5 Å². The number of ketones is 1. The number of phenolic OH excluding ortho intramolecular Hbond substituents is 2. The van der Waals surface area contributed by atoms with E-state index < -0.39 is 0 Å².